The Balaban J connectivity index is 2.34. The third-order valence-corrected chi connectivity index (χ3v) is 2.77. The first kappa shape index (κ1) is 13.5. The van der Waals surface area contributed by atoms with Gasteiger partial charge in [-0.25, -0.2) is 0 Å². The van der Waals surface area contributed by atoms with E-state index in [0.717, 1.165) is 16.8 Å². The first-order valence-corrected chi connectivity index (χ1v) is 6.25. The summed E-state index contributed by atoms with van der Waals surface area (Å²) in [5.41, 5.74) is 2.83. The SMILES string of the molecule is OC[C@H](O)CN=C(c1ccccc1)c1ccccc1. The van der Waals surface area contributed by atoms with E-state index in [2.05, 4.69) is 4.99 Å². The average Bonchev–Trinajstić information content (AvgIpc) is 2.49. The minimum absolute atomic E-state index is 0.190. The van der Waals surface area contributed by atoms with Gasteiger partial charge in [0.15, 0.2) is 0 Å². The van der Waals surface area contributed by atoms with E-state index < -0.39 is 6.10 Å². The Morgan fingerprint density at radius 3 is 1.79 bits per heavy atom. The van der Waals surface area contributed by atoms with Crippen LogP contribution in [0.4, 0.5) is 0 Å². The molecule has 0 saturated heterocycles. The third kappa shape index (κ3) is 3.74. The summed E-state index contributed by atoms with van der Waals surface area (Å²) in [5, 5.41) is 18.3. The molecule has 3 heteroatoms. The van der Waals surface area contributed by atoms with E-state index in [1.54, 1.807) is 0 Å². The molecule has 0 heterocycles. The molecule has 0 radical (unpaired) electrons. The van der Waals surface area contributed by atoms with Crippen molar-refractivity contribution in [3.63, 3.8) is 0 Å². The molecule has 0 saturated carbocycles. The van der Waals surface area contributed by atoms with Gasteiger partial charge in [-0.15, -0.1) is 0 Å². The van der Waals surface area contributed by atoms with Crippen molar-refractivity contribution in [1.29, 1.82) is 0 Å². The Labute approximate surface area is 112 Å². The highest BCUT2D eigenvalue weighted by Gasteiger charge is 2.07. The lowest BCUT2D eigenvalue weighted by Gasteiger charge is -2.09. The zero-order valence-corrected chi connectivity index (χ0v) is 10.6. The highest BCUT2D eigenvalue weighted by atomic mass is 16.3. The van der Waals surface area contributed by atoms with Gasteiger partial charge >= 0.3 is 0 Å². The van der Waals surface area contributed by atoms with Crippen molar-refractivity contribution in [3.8, 4) is 0 Å². The predicted molar refractivity (Wildman–Crippen MR) is 76.5 cm³/mol. The number of rotatable bonds is 5. The lowest BCUT2D eigenvalue weighted by atomic mass is 10.0. The zero-order valence-electron chi connectivity index (χ0n) is 10.6. The van der Waals surface area contributed by atoms with E-state index in [1.165, 1.54) is 0 Å². The lowest BCUT2D eigenvalue weighted by molar-refractivity contribution is 0.102. The summed E-state index contributed by atoms with van der Waals surface area (Å²) in [6.07, 6.45) is -0.817. The van der Waals surface area contributed by atoms with Crippen molar-refractivity contribution in [2.45, 2.75) is 6.10 Å². The summed E-state index contributed by atoms with van der Waals surface area (Å²) in [7, 11) is 0. The minimum atomic E-state index is -0.817. The quantitative estimate of drug-likeness (QED) is 0.801. The summed E-state index contributed by atoms with van der Waals surface area (Å²) in [4.78, 5) is 4.44. The summed E-state index contributed by atoms with van der Waals surface area (Å²) in [6, 6.07) is 19.7. The normalized spacial score (nSPS) is 11.9. The van der Waals surface area contributed by atoms with Crippen LogP contribution in [0, 0.1) is 0 Å². The van der Waals surface area contributed by atoms with Crippen LogP contribution in [0.5, 0.6) is 0 Å². The third-order valence-electron chi connectivity index (χ3n) is 2.77. The maximum Gasteiger partial charge on any atom is 0.0965 e. The molecule has 0 unspecified atom stereocenters. The topological polar surface area (TPSA) is 52.8 Å². The van der Waals surface area contributed by atoms with Gasteiger partial charge in [-0.1, -0.05) is 60.7 Å². The maximum atomic E-state index is 9.44. The number of aliphatic hydroxyl groups excluding tert-OH is 2. The van der Waals surface area contributed by atoms with Crippen molar-refractivity contribution < 1.29 is 10.2 Å². The van der Waals surface area contributed by atoms with Crippen LogP contribution in [0.3, 0.4) is 0 Å². The fraction of sp³-hybridized carbons (Fsp3) is 0.188. The van der Waals surface area contributed by atoms with Crippen molar-refractivity contribution in [3.05, 3.63) is 71.8 Å². The molecule has 0 aliphatic rings. The Kier molecular flexibility index (Phi) is 4.84. The molecular weight excluding hydrogens is 238 g/mol. The van der Waals surface area contributed by atoms with E-state index in [-0.39, 0.29) is 13.2 Å². The van der Waals surface area contributed by atoms with Crippen LogP contribution in [0.25, 0.3) is 0 Å². The van der Waals surface area contributed by atoms with Gasteiger partial charge in [-0.05, 0) is 0 Å². The molecule has 2 aromatic carbocycles. The fourth-order valence-electron chi connectivity index (χ4n) is 1.80. The molecule has 19 heavy (non-hydrogen) atoms. The largest absolute Gasteiger partial charge is 0.394 e. The van der Waals surface area contributed by atoms with Gasteiger partial charge in [-0.2, -0.15) is 0 Å². The van der Waals surface area contributed by atoms with Gasteiger partial charge in [0.1, 0.15) is 0 Å². The molecule has 0 aliphatic heterocycles. The first-order valence-electron chi connectivity index (χ1n) is 6.25. The Bertz CT molecular complexity index is 481. The second-order valence-corrected chi connectivity index (χ2v) is 4.26. The van der Waals surface area contributed by atoms with Crippen LogP contribution >= 0.6 is 0 Å². The second kappa shape index (κ2) is 6.83. The number of benzene rings is 2. The van der Waals surface area contributed by atoms with Gasteiger partial charge in [-0.3, -0.25) is 4.99 Å². The molecule has 0 aromatic heterocycles. The summed E-state index contributed by atoms with van der Waals surface area (Å²) in [5.74, 6) is 0. The number of hydrogen-bond acceptors (Lipinski definition) is 3. The molecule has 3 nitrogen and oxygen atoms in total. The van der Waals surface area contributed by atoms with Crippen molar-refractivity contribution in [2.24, 2.45) is 4.99 Å². The molecule has 0 amide bonds. The highest BCUT2D eigenvalue weighted by molar-refractivity contribution is 6.12. The molecule has 1 atom stereocenters. The van der Waals surface area contributed by atoms with Crippen LogP contribution in [-0.4, -0.2) is 35.2 Å². The Morgan fingerprint density at radius 2 is 1.37 bits per heavy atom. The summed E-state index contributed by atoms with van der Waals surface area (Å²) < 4.78 is 0. The monoisotopic (exact) mass is 255 g/mol. The van der Waals surface area contributed by atoms with Crippen LogP contribution in [-0.2, 0) is 0 Å². The molecule has 0 aliphatic carbocycles. The van der Waals surface area contributed by atoms with Gasteiger partial charge in [0.2, 0.25) is 0 Å². The number of aliphatic imine (C=N–C) groups is 1. The minimum Gasteiger partial charge on any atom is -0.394 e. The van der Waals surface area contributed by atoms with E-state index in [1.807, 2.05) is 60.7 Å². The van der Waals surface area contributed by atoms with Crippen LogP contribution in [0.1, 0.15) is 11.1 Å². The zero-order chi connectivity index (χ0) is 13.5. The molecule has 0 spiro atoms. The number of aliphatic hydroxyl groups is 2. The highest BCUT2D eigenvalue weighted by Crippen LogP contribution is 2.11. The van der Waals surface area contributed by atoms with Gasteiger partial charge in [0.05, 0.1) is 25.0 Å². The first-order chi connectivity index (χ1) is 9.31. The number of nitrogens with zero attached hydrogens (tertiary/aromatic N) is 1. The summed E-state index contributed by atoms with van der Waals surface area (Å²) in [6.45, 7) is -0.0873. The van der Waals surface area contributed by atoms with Crippen LogP contribution < -0.4 is 0 Å². The lowest BCUT2D eigenvalue weighted by Crippen LogP contribution is -2.17. The number of hydrogen-bond donors (Lipinski definition) is 2. The fourth-order valence-corrected chi connectivity index (χ4v) is 1.80. The molecule has 2 aromatic rings. The maximum absolute atomic E-state index is 9.44. The molecule has 0 fully saturated rings. The summed E-state index contributed by atoms with van der Waals surface area (Å²) >= 11 is 0. The molecule has 2 N–H and O–H groups in total. The van der Waals surface area contributed by atoms with E-state index in [4.69, 9.17) is 5.11 Å². The van der Waals surface area contributed by atoms with E-state index in [9.17, 15) is 5.11 Å². The van der Waals surface area contributed by atoms with Crippen LogP contribution in [0.15, 0.2) is 65.7 Å². The van der Waals surface area contributed by atoms with Crippen molar-refractivity contribution >= 4 is 5.71 Å². The van der Waals surface area contributed by atoms with Crippen molar-refractivity contribution in [1.82, 2.24) is 0 Å². The average molecular weight is 255 g/mol. The van der Waals surface area contributed by atoms with E-state index in [0.29, 0.717) is 0 Å². The van der Waals surface area contributed by atoms with Gasteiger partial charge in [0.25, 0.3) is 0 Å². The molecule has 0 bridgehead atoms. The molecule has 98 valence electrons. The van der Waals surface area contributed by atoms with Gasteiger partial charge < -0.3 is 10.2 Å². The standard InChI is InChI=1S/C16H17NO2/c18-12-15(19)11-17-16(13-7-3-1-4-8-13)14-9-5-2-6-10-14/h1-10,15,18-19H,11-12H2/t15-/m1/s1. The predicted octanol–water partition coefficient (Wildman–Crippen LogP) is 1.88. The van der Waals surface area contributed by atoms with Gasteiger partial charge in [0, 0.05) is 11.1 Å². The second-order valence-electron chi connectivity index (χ2n) is 4.26. The van der Waals surface area contributed by atoms with Crippen LogP contribution in [0.2, 0.25) is 0 Å². The smallest absolute Gasteiger partial charge is 0.0965 e. The Morgan fingerprint density at radius 1 is 0.895 bits per heavy atom. The van der Waals surface area contributed by atoms with E-state index >= 15 is 0 Å². The van der Waals surface area contributed by atoms with Crippen molar-refractivity contribution in [2.75, 3.05) is 13.2 Å². The molecule has 2 rings (SSSR count). The molecular formula is C16H17NO2. The Hall–Kier alpha value is -1.97.